The zero-order valence-corrected chi connectivity index (χ0v) is 8.26. The van der Waals surface area contributed by atoms with E-state index in [1.807, 2.05) is 13.8 Å². The van der Waals surface area contributed by atoms with Gasteiger partial charge < -0.3 is 15.2 Å². The summed E-state index contributed by atoms with van der Waals surface area (Å²) in [6.45, 7) is 4.57. The third kappa shape index (κ3) is 9.39. The van der Waals surface area contributed by atoms with E-state index in [-0.39, 0.29) is 12.5 Å². The molecule has 0 aliphatic carbocycles. The molecule has 0 rings (SSSR count). The van der Waals surface area contributed by atoms with E-state index >= 15 is 0 Å². The van der Waals surface area contributed by atoms with Gasteiger partial charge in [-0.05, 0) is 7.05 Å². The Morgan fingerprint density at radius 3 is 2.33 bits per heavy atom. The van der Waals surface area contributed by atoms with Crippen molar-refractivity contribution in [1.29, 1.82) is 0 Å². The van der Waals surface area contributed by atoms with Gasteiger partial charge in [-0.1, -0.05) is 13.8 Å². The maximum absolute atomic E-state index is 10.1. The monoisotopic (exact) mass is 177 g/mol. The number of hydrogen-bond acceptors (Lipinski definition) is 3. The first-order valence-corrected chi connectivity index (χ1v) is 4.10. The van der Waals surface area contributed by atoms with Crippen LogP contribution in [0.25, 0.3) is 0 Å². The highest BCUT2D eigenvalue weighted by molar-refractivity contribution is 5.67. The van der Waals surface area contributed by atoms with E-state index in [2.05, 4.69) is 5.32 Å². The van der Waals surface area contributed by atoms with Crippen LogP contribution >= 0.6 is 0 Å². The van der Waals surface area contributed by atoms with E-state index in [9.17, 15) is 4.79 Å². The van der Waals surface area contributed by atoms with Crippen molar-refractivity contribution in [1.82, 2.24) is 5.32 Å². The molecule has 0 aliphatic rings. The minimum absolute atomic E-state index is 0.0529. The summed E-state index contributed by atoms with van der Waals surface area (Å²) in [7, 11) is 3.26. The number of ether oxygens (including phenoxy) is 1. The van der Waals surface area contributed by atoms with Gasteiger partial charge in [0.05, 0.1) is 12.5 Å². The van der Waals surface area contributed by atoms with Crippen LogP contribution < -0.4 is 5.32 Å². The molecular formula is C8H19NO3. The van der Waals surface area contributed by atoms with E-state index in [1.54, 1.807) is 7.05 Å². The van der Waals surface area contributed by atoms with Gasteiger partial charge in [-0.2, -0.15) is 0 Å². The average Bonchev–Trinajstić information content (AvgIpc) is 2.07. The zero-order chi connectivity index (χ0) is 9.98. The number of likely N-dealkylation sites (N-methyl/N-ethyl adjacent to an activating group) is 1. The SMILES string of the molecule is CC.CNCC(CC(=O)O)OC. The molecule has 0 aromatic rings. The van der Waals surface area contributed by atoms with Crippen LogP contribution in [0.5, 0.6) is 0 Å². The molecule has 0 spiro atoms. The maximum atomic E-state index is 10.1. The van der Waals surface area contributed by atoms with Crippen molar-refractivity contribution in [2.45, 2.75) is 26.4 Å². The normalized spacial score (nSPS) is 11.3. The van der Waals surface area contributed by atoms with Gasteiger partial charge in [-0.3, -0.25) is 4.79 Å². The molecule has 4 heteroatoms. The summed E-state index contributed by atoms with van der Waals surface area (Å²) in [5, 5.41) is 11.2. The number of carbonyl (C=O) groups is 1. The van der Waals surface area contributed by atoms with E-state index in [0.717, 1.165) is 0 Å². The number of aliphatic carboxylic acids is 1. The molecule has 1 unspecified atom stereocenters. The number of carboxylic acid groups (broad SMARTS) is 1. The molecule has 0 radical (unpaired) electrons. The summed E-state index contributed by atoms with van der Waals surface area (Å²) in [4.78, 5) is 10.1. The lowest BCUT2D eigenvalue weighted by atomic mass is 10.2. The molecule has 0 fully saturated rings. The Labute approximate surface area is 73.9 Å². The molecule has 0 aliphatic heterocycles. The summed E-state index contributed by atoms with van der Waals surface area (Å²) in [6, 6.07) is 0. The highest BCUT2D eigenvalue weighted by atomic mass is 16.5. The van der Waals surface area contributed by atoms with Crippen LogP contribution in [0.4, 0.5) is 0 Å². The van der Waals surface area contributed by atoms with Gasteiger partial charge in [0.2, 0.25) is 0 Å². The van der Waals surface area contributed by atoms with Gasteiger partial charge in [0, 0.05) is 13.7 Å². The predicted molar refractivity (Wildman–Crippen MR) is 48.3 cm³/mol. The van der Waals surface area contributed by atoms with Gasteiger partial charge >= 0.3 is 5.97 Å². The van der Waals surface area contributed by atoms with Gasteiger partial charge in [-0.25, -0.2) is 0 Å². The van der Waals surface area contributed by atoms with Crippen molar-refractivity contribution < 1.29 is 14.6 Å². The molecule has 0 aromatic carbocycles. The summed E-state index contributed by atoms with van der Waals surface area (Å²) in [5.41, 5.74) is 0. The van der Waals surface area contributed by atoms with Crippen molar-refractivity contribution in [2.75, 3.05) is 20.7 Å². The Kier molecular flexibility index (Phi) is 12.1. The van der Waals surface area contributed by atoms with Crippen LogP contribution in [-0.4, -0.2) is 37.9 Å². The summed E-state index contributed by atoms with van der Waals surface area (Å²) < 4.78 is 4.86. The van der Waals surface area contributed by atoms with Crippen LogP contribution in [-0.2, 0) is 9.53 Å². The fourth-order valence-electron chi connectivity index (χ4n) is 0.661. The molecule has 0 bridgehead atoms. The van der Waals surface area contributed by atoms with E-state index < -0.39 is 5.97 Å². The first-order chi connectivity index (χ1) is 5.70. The van der Waals surface area contributed by atoms with Crippen LogP contribution in [0.3, 0.4) is 0 Å². The first-order valence-electron chi connectivity index (χ1n) is 4.10. The molecule has 4 nitrogen and oxygen atoms in total. The lowest BCUT2D eigenvalue weighted by molar-refractivity contribution is -0.139. The Morgan fingerprint density at radius 2 is 2.08 bits per heavy atom. The molecule has 12 heavy (non-hydrogen) atoms. The highest BCUT2D eigenvalue weighted by Gasteiger charge is 2.09. The Hall–Kier alpha value is -0.610. The number of methoxy groups -OCH3 is 1. The number of nitrogens with one attached hydrogen (secondary N) is 1. The molecule has 0 heterocycles. The van der Waals surface area contributed by atoms with Crippen molar-refractivity contribution in [3.63, 3.8) is 0 Å². The molecule has 74 valence electrons. The number of hydrogen-bond donors (Lipinski definition) is 2. The van der Waals surface area contributed by atoms with E-state index in [0.29, 0.717) is 6.54 Å². The summed E-state index contributed by atoms with van der Waals surface area (Å²) in [5.74, 6) is -0.831. The topological polar surface area (TPSA) is 58.6 Å². The van der Waals surface area contributed by atoms with Crippen LogP contribution in [0, 0.1) is 0 Å². The second kappa shape index (κ2) is 10.4. The highest BCUT2D eigenvalue weighted by Crippen LogP contribution is 1.94. The molecular weight excluding hydrogens is 158 g/mol. The van der Waals surface area contributed by atoms with Crippen molar-refractivity contribution >= 4 is 5.97 Å². The van der Waals surface area contributed by atoms with Gasteiger partial charge in [0.15, 0.2) is 0 Å². The van der Waals surface area contributed by atoms with Gasteiger partial charge in [0.1, 0.15) is 0 Å². The smallest absolute Gasteiger partial charge is 0.306 e. The average molecular weight is 177 g/mol. The second-order valence-electron chi connectivity index (χ2n) is 2.01. The van der Waals surface area contributed by atoms with Gasteiger partial charge in [-0.15, -0.1) is 0 Å². The minimum atomic E-state index is -0.831. The third-order valence-electron chi connectivity index (χ3n) is 1.17. The van der Waals surface area contributed by atoms with E-state index in [4.69, 9.17) is 9.84 Å². The fraction of sp³-hybridized carbons (Fsp3) is 0.875. The quantitative estimate of drug-likeness (QED) is 0.649. The Balaban J connectivity index is 0. The summed E-state index contributed by atoms with van der Waals surface area (Å²) >= 11 is 0. The third-order valence-corrected chi connectivity index (χ3v) is 1.17. The van der Waals surface area contributed by atoms with Crippen LogP contribution in [0.15, 0.2) is 0 Å². The van der Waals surface area contributed by atoms with E-state index in [1.165, 1.54) is 7.11 Å². The molecule has 1 atom stereocenters. The van der Waals surface area contributed by atoms with Crippen LogP contribution in [0.1, 0.15) is 20.3 Å². The number of rotatable bonds is 5. The van der Waals surface area contributed by atoms with Gasteiger partial charge in [0.25, 0.3) is 0 Å². The lowest BCUT2D eigenvalue weighted by Gasteiger charge is -2.10. The molecule has 2 N–H and O–H groups in total. The lowest BCUT2D eigenvalue weighted by Crippen LogP contribution is -2.27. The standard InChI is InChI=1S/C6H13NO3.C2H6/c1-7-4-5(10-2)3-6(8)9;1-2/h5,7H,3-4H2,1-2H3,(H,8,9);1-2H3. The van der Waals surface area contributed by atoms with Crippen LogP contribution in [0.2, 0.25) is 0 Å². The fourth-order valence-corrected chi connectivity index (χ4v) is 0.661. The Bertz CT molecular complexity index is 106. The van der Waals surface area contributed by atoms with Crippen molar-refractivity contribution in [3.8, 4) is 0 Å². The zero-order valence-electron chi connectivity index (χ0n) is 8.26. The predicted octanol–water partition coefficient (Wildman–Crippen LogP) is 0.722. The number of carboxylic acids is 1. The van der Waals surface area contributed by atoms with Crippen molar-refractivity contribution in [3.05, 3.63) is 0 Å². The summed E-state index contributed by atoms with van der Waals surface area (Å²) in [6.07, 6.45) is -0.167. The first kappa shape index (κ1) is 13.9. The second-order valence-corrected chi connectivity index (χ2v) is 2.01. The molecule has 0 saturated carbocycles. The molecule has 0 saturated heterocycles. The minimum Gasteiger partial charge on any atom is -0.481 e. The van der Waals surface area contributed by atoms with Crippen molar-refractivity contribution in [2.24, 2.45) is 0 Å². The Morgan fingerprint density at radius 1 is 1.58 bits per heavy atom. The molecule has 0 amide bonds. The molecule has 0 aromatic heterocycles. The largest absolute Gasteiger partial charge is 0.481 e. The maximum Gasteiger partial charge on any atom is 0.306 e.